The molecule has 0 saturated carbocycles. The number of hydrogen-bond donors (Lipinski definition) is 0. The summed E-state index contributed by atoms with van der Waals surface area (Å²) in [4.78, 5) is 32.2. The van der Waals surface area contributed by atoms with Crippen molar-refractivity contribution in [3.05, 3.63) is 69.6 Å². The summed E-state index contributed by atoms with van der Waals surface area (Å²) in [6.07, 6.45) is 4.03. The summed E-state index contributed by atoms with van der Waals surface area (Å²) in [5.74, 6) is -0.126. The van der Waals surface area contributed by atoms with Crippen molar-refractivity contribution < 1.29 is 13.5 Å². The van der Waals surface area contributed by atoms with Gasteiger partial charge in [0, 0.05) is 36.5 Å². The van der Waals surface area contributed by atoms with Crippen LogP contribution in [0.5, 0.6) is 5.88 Å². The van der Waals surface area contributed by atoms with Gasteiger partial charge in [-0.2, -0.15) is 9.37 Å². The lowest BCUT2D eigenvalue weighted by Gasteiger charge is -2.20. The quantitative estimate of drug-likeness (QED) is 0.425. The summed E-state index contributed by atoms with van der Waals surface area (Å²) in [6.45, 7) is 1.55. The number of fused-ring (bicyclic) bond motifs is 2. The molecule has 0 bridgehead atoms. The van der Waals surface area contributed by atoms with E-state index in [2.05, 4.69) is 9.97 Å². The zero-order valence-electron chi connectivity index (χ0n) is 18.4. The van der Waals surface area contributed by atoms with Gasteiger partial charge in [0.15, 0.2) is 0 Å². The van der Waals surface area contributed by atoms with E-state index in [0.717, 1.165) is 12.6 Å². The van der Waals surface area contributed by atoms with E-state index in [1.807, 2.05) is 4.90 Å². The minimum atomic E-state index is -0.636. The molecule has 8 nitrogen and oxygen atoms in total. The molecule has 6 rings (SSSR count). The van der Waals surface area contributed by atoms with Gasteiger partial charge in [-0.3, -0.25) is 9.36 Å². The van der Waals surface area contributed by atoms with Crippen LogP contribution < -0.4 is 15.2 Å². The zero-order valence-corrected chi connectivity index (χ0v) is 19.2. The van der Waals surface area contributed by atoms with E-state index >= 15 is 0 Å². The van der Waals surface area contributed by atoms with Gasteiger partial charge in [-0.1, -0.05) is 11.6 Å². The number of aryl methyl sites for hydroxylation is 1. The van der Waals surface area contributed by atoms with E-state index in [0.29, 0.717) is 55.0 Å². The first-order chi connectivity index (χ1) is 17.0. The fraction of sp³-hybridized carbons (Fsp3) is 0.292. The Morgan fingerprint density at radius 2 is 2.00 bits per heavy atom. The molecular weight excluding hydrogens is 478 g/mol. The van der Waals surface area contributed by atoms with Crippen molar-refractivity contribution in [1.82, 2.24) is 24.5 Å². The molecule has 178 valence electrons. The molecule has 0 radical (unpaired) electrons. The number of rotatable bonds is 4. The third kappa shape index (κ3) is 3.87. The number of ether oxygens (including phenoxy) is 1. The number of halogens is 3. The first-order valence-corrected chi connectivity index (χ1v) is 11.6. The molecule has 35 heavy (non-hydrogen) atoms. The van der Waals surface area contributed by atoms with Crippen molar-refractivity contribution in [2.75, 3.05) is 18.0 Å². The Morgan fingerprint density at radius 3 is 2.83 bits per heavy atom. The Hall–Kier alpha value is -3.66. The van der Waals surface area contributed by atoms with Crippen molar-refractivity contribution in [2.24, 2.45) is 0 Å². The van der Waals surface area contributed by atoms with Gasteiger partial charge in [0.05, 0.1) is 18.1 Å². The van der Waals surface area contributed by atoms with Gasteiger partial charge in [0.25, 0.3) is 11.4 Å². The predicted molar refractivity (Wildman–Crippen MR) is 126 cm³/mol. The van der Waals surface area contributed by atoms with Crippen LogP contribution in [0.2, 0.25) is 5.02 Å². The van der Waals surface area contributed by atoms with Crippen LogP contribution in [0.4, 0.5) is 14.6 Å². The van der Waals surface area contributed by atoms with Gasteiger partial charge in [0.2, 0.25) is 5.82 Å². The lowest BCUT2D eigenvalue weighted by molar-refractivity contribution is 0.204. The van der Waals surface area contributed by atoms with Gasteiger partial charge in [-0.15, -0.1) is 0 Å². The molecule has 4 aromatic rings. The highest BCUT2D eigenvalue weighted by atomic mass is 35.5. The zero-order chi connectivity index (χ0) is 24.1. The van der Waals surface area contributed by atoms with Gasteiger partial charge in [0.1, 0.15) is 41.1 Å². The fourth-order valence-corrected chi connectivity index (χ4v) is 4.84. The second-order valence-corrected chi connectivity index (χ2v) is 9.02. The van der Waals surface area contributed by atoms with Crippen LogP contribution in [-0.2, 0) is 13.0 Å². The van der Waals surface area contributed by atoms with Crippen LogP contribution in [0.1, 0.15) is 18.7 Å². The van der Waals surface area contributed by atoms with Gasteiger partial charge < -0.3 is 9.64 Å². The van der Waals surface area contributed by atoms with Crippen molar-refractivity contribution in [3.63, 3.8) is 0 Å². The third-order valence-corrected chi connectivity index (χ3v) is 6.59. The van der Waals surface area contributed by atoms with Crippen LogP contribution in [0, 0.1) is 11.6 Å². The van der Waals surface area contributed by atoms with Crippen LogP contribution in [-0.4, -0.2) is 43.7 Å². The van der Waals surface area contributed by atoms with E-state index in [4.69, 9.17) is 26.3 Å². The van der Waals surface area contributed by atoms with Crippen molar-refractivity contribution >= 4 is 28.3 Å². The lowest BCUT2D eigenvalue weighted by atomic mass is 10.1. The van der Waals surface area contributed by atoms with Crippen molar-refractivity contribution in [1.29, 1.82) is 0 Å². The van der Waals surface area contributed by atoms with Crippen molar-refractivity contribution in [3.8, 4) is 17.1 Å². The smallest absolute Gasteiger partial charge is 0.261 e. The highest BCUT2D eigenvalue weighted by molar-refractivity contribution is 6.30. The largest absolute Gasteiger partial charge is 0.470 e. The SMILES string of the molecule is O=c1c2cc(N3CC[C@@H](Oc4ncncc4F)C3)nc(-c3ccc(Cl)cc3F)c2nc2n1CCC2. The lowest BCUT2D eigenvalue weighted by Crippen LogP contribution is -2.27. The summed E-state index contributed by atoms with van der Waals surface area (Å²) in [5.41, 5.74) is 0.691. The third-order valence-electron chi connectivity index (χ3n) is 6.36. The van der Waals surface area contributed by atoms with Crippen LogP contribution in [0.3, 0.4) is 0 Å². The Kier molecular flexibility index (Phi) is 5.32. The van der Waals surface area contributed by atoms with Crippen LogP contribution >= 0.6 is 11.6 Å². The Labute approximate surface area is 203 Å². The van der Waals surface area contributed by atoms with E-state index in [-0.39, 0.29) is 33.8 Å². The predicted octanol–water partition coefficient (Wildman–Crippen LogP) is 3.78. The summed E-state index contributed by atoms with van der Waals surface area (Å²) in [5, 5.41) is 0.633. The molecule has 0 aliphatic carbocycles. The van der Waals surface area contributed by atoms with Crippen molar-refractivity contribution in [2.45, 2.75) is 31.9 Å². The average Bonchev–Trinajstić information content (AvgIpc) is 3.51. The number of pyridine rings is 1. The fourth-order valence-electron chi connectivity index (χ4n) is 4.68. The average molecular weight is 497 g/mol. The monoisotopic (exact) mass is 496 g/mol. The Bertz CT molecular complexity index is 1530. The molecule has 3 aromatic heterocycles. The second-order valence-electron chi connectivity index (χ2n) is 8.59. The minimum Gasteiger partial charge on any atom is -0.470 e. The Balaban J connectivity index is 1.44. The molecular formula is C24H19ClF2N6O2. The van der Waals surface area contributed by atoms with Gasteiger partial charge in [-0.05, 0) is 30.7 Å². The number of aromatic nitrogens is 5. The highest BCUT2D eigenvalue weighted by Crippen LogP contribution is 2.33. The molecule has 1 saturated heterocycles. The highest BCUT2D eigenvalue weighted by Gasteiger charge is 2.29. The summed E-state index contributed by atoms with van der Waals surface area (Å²) >= 11 is 5.97. The van der Waals surface area contributed by atoms with Gasteiger partial charge in [-0.25, -0.2) is 19.3 Å². The normalized spacial score (nSPS) is 17.2. The number of hydrogen-bond acceptors (Lipinski definition) is 7. The van der Waals surface area contributed by atoms with Crippen LogP contribution in [0.25, 0.3) is 22.2 Å². The maximum Gasteiger partial charge on any atom is 0.261 e. The molecule has 0 spiro atoms. The maximum atomic E-state index is 15.0. The second kappa shape index (κ2) is 8.53. The number of anilines is 1. The Morgan fingerprint density at radius 1 is 1.11 bits per heavy atom. The first-order valence-electron chi connectivity index (χ1n) is 11.2. The maximum absolute atomic E-state index is 15.0. The number of nitrogens with zero attached hydrogens (tertiary/aromatic N) is 6. The molecule has 2 aliphatic rings. The topological polar surface area (TPSA) is 86.0 Å². The summed E-state index contributed by atoms with van der Waals surface area (Å²) in [6, 6.07) is 6.04. The summed E-state index contributed by atoms with van der Waals surface area (Å²) < 4.78 is 36.3. The molecule has 11 heteroatoms. The van der Waals surface area contributed by atoms with E-state index in [9.17, 15) is 13.6 Å². The number of benzene rings is 1. The molecule has 1 fully saturated rings. The van der Waals surface area contributed by atoms with E-state index < -0.39 is 11.6 Å². The molecule has 0 unspecified atom stereocenters. The summed E-state index contributed by atoms with van der Waals surface area (Å²) in [7, 11) is 0. The van der Waals surface area contributed by atoms with Gasteiger partial charge >= 0.3 is 0 Å². The minimum absolute atomic E-state index is 0.111. The standard InChI is InChI=1S/C24H19ClF2N6O2/c25-13-3-4-15(17(26)8-13)21-22-16(24(34)33-6-1-2-19(33)30-22)9-20(31-21)32-7-5-14(11-32)35-23-18(27)10-28-12-29-23/h3-4,8-10,12,14H,1-2,5-7,11H2/t14-/m1/s1. The molecule has 2 aliphatic heterocycles. The molecule has 0 amide bonds. The van der Waals surface area contributed by atoms with Crippen LogP contribution in [0.15, 0.2) is 41.6 Å². The molecule has 1 aromatic carbocycles. The van der Waals surface area contributed by atoms with E-state index in [1.165, 1.54) is 12.4 Å². The molecule has 0 N–H and O–H groups in total. The molecule has 5 heterocycles. The van der Waals surface area contributed by atoms with E-state index in [1.54, 1.807) is 22.8 Å². The molecule has 1 atom stereocenters. The first kappa shape index (κ1) is 21.8.